The number of nitrogens with zero attached hydrogens (tertiary/aromatic N) is 2. The highest BCUT2D eigenvalue weighted by Crippen LogP contribution is 2.10. The molecule has 0 saturated carbocycles. The lowest BCUT2D eigenvalue weighted by Gasteiger charge is -2.05. The quantitative estimate of drug-likeness (QED) is 0.767. The van der Waals surface area contributed by atoms with Gasteiger partial charge in [0.05, 0.1) is 0 Å². The van der Waals surface area contributed by atoms with E-state index in [0.717, 1.165) is 23.7 Å². The number of hydrogen-bond acceptors (Lipinski definition) is 4. The number of anilines is 1. The Kier molecular flexibility index (Phi) is 4.27. The van der Waals surface area contributed by atoms with Crippen molar-refractivity contribution >= 4 is 17.4 Å². The second kappa shape index (κ2) is 5.51. The Morgan fingerprint density at radius 3 is 3.00 bits per heavy atom. The van der Waals surface area contributed by atoms with Gasteiger partial charge >= 0.3 is 0 Å². The van der Waals surface area contributed by atoms with Gasteiger partial charge in [0.2, 0.25) is 0 Å². The number of aryl methyl sites for hydroxylation is 1. The van der Waals surface area contributed by atoms with Crippen LogP contribution in [0.4, 0.5) is 5.69 Å². The van der Waals surface area contributed by atoms with Crippen LogP contribution in [0.2, 0.25) is 0 Å². The molecule has 0 aliphatic carbocycles. The second-order valence-corrected chi connectivity index (χ2v) is 3.90. The van der Waals surface area contributed by atoms with Gasteiger partial charge in [0, 0.05) is 23.7 Å². The lowest BCUT2D eigenvalue weighted by atomic mass is 10.3. The largest absolute Gasteiger partial charge is 0.384 e. The monoisotopic (exact) mass is 207 g/mol. The van der Waals surface area contributed by atoms with Crippen LogP contribution in [0.1, 0.15) is 11.4 Å². The van der Waals surface area contributed by atoms with Crippen LogP contribution in [0.3, 0.4) is 0 Å². The molecule has 0 aliphatic heterocycles. The smallest absolute Gasteiger partial charge is 0.142 e. The zero-order chi connectivity index (χ0) is 10.4. The summed E-state index contributed by atoms with van der Waals surface area (Å²) in [7, 11) is 0. The van der Waals surface area contributed by atoms with E-state index < -0.39 is 0 Å². The third-order valence-corrected chi connectivity index (χ3v) is 2.32. The molecule has 1 aromatic rings. The van der Waals surface area contributed by atoms with Gasteiger partial charge < -0.3 is 5.32 Å². The van der Waals surface area contributed by atoms with E-state index in [-0.39, 0.29) is 0 Å². The lowest BCUT2D eigenvalue weighted by Crippen LogP contribution is -2.04. The first-order valence-electron chi connectivity index (χ1n) is 4.38. The van der Waals surface area contributed by atoms with Crippen molar-refractivity contribution in [2.75, 3.05) is 23.9 Å². The van der Waals surface area contributed by atoms with Crippen LogP contribution in [0.25, 0.3) is 0 Å². The molecule has 0 radical (unpaired) electrons. The van der Waals surface area contributed by atoms with Crippen LogP contribution >= 0.6 is 11.8 Å². The molecule has 1 heterocycles. The molecule has 0 unspecified atom stereocenters. The maximum absolute atomic E-state index is 8.71. The summed E-state index contributed by atoms with van der Waals surface area (Å²) in [5, 5.41) is 12.0. The first-order chi connectivity index (χ1) is 6.76. The average molecular weight is 207 g/mol. The van der Waals surface area contributed by atoms with Crippen LogP contribution in [0, 0.1) is 18.3 Å². The van der Waals surface area contributed by atoms with Crippen molar-refractivity contribution in [2.24, 2.45) is 0 Å². The summed E-state index contributed by atoms with van der Waals surface area (Å²) in [6, 6.07) is 5.76. The van der Waals surface area contributed by atoms with E-state index in [2.05, 4.69) is 16.6 Å². The molecular weight excluding hydrogens is 194 g/mol. The maximum Gasteiger partial charge on any atom is 0.142 e. The van der Waals surface area contributed by atoms with Crippen molar-refractivity contribution in [1.29, 1.82) is 5.26 Å². The summed E-state index contributed by atoms with van der Waals surface area (Å²) in [5.41, 5.74) is 2.32. The molecule has 0 saturated heterocycles. The number of aromatic nitrogens is 1. The minimum atomic E-state index is 0.469. The van der Waals surface area contributed by atoms with Gasteiger partial charge in [-0.3, -0.25) is 0 Å². The van der Waals surface area contributed by atoms with Crippen molar-refractivity contribution in [3.05, 3.63) is 23.5 Å². The van der Waals surface area contributed by atoms with Gasteiger partial charge in [0.15, 0.2) is 0 Å². The molecule has 0 aliphatic rings. The summed E-state index contributed by atoms with van der Waals surface area (Å²) in [6.45, 7) is 2.80. The molecule has 1 N–H and O–H groups in total. The molecule has 0 spiro atoms. The highest BCUT2D eigenvalue weighted by atomic mass is 32.2. The summed E-state index contributed by atoms with van der Waals surface area (Å²) in [6.07, 6.45) is 2.07. The van der Waals surface area contributed by atoms with Crippen molar-refractivity contribution in [1.82, 2.24) is 4.98 Å². The molecule has 1 aromatic heterocycles. The van der Waals surface area contributed by atoms with Gasteiger partial charge in [-0.2, -0.15) is 17.0 Å². The number of pyridine rings is 1. The van der Waals surface area contributed by atoms with Gasteiger partial charge in [0.1, 0.15) is 11.8 Å². The number of thioether (sulfide) groups is 1. The molecule has 74 valence electrons. The zero-order valence-corrected chi connectivity index (χ0v) is 9.19. The van der Waals surface area contributed by atoms with Crippen LogP contribution in [-0.4, -0.2) is 23.5 Å². The van der Waals surface area contributed by atoms with Crippen molar-refractivity contribution in [3.8, 4) is 6.07 Å². The van der Waals surface area contributed by atoms with Crippen LogP contribution < -0.4 is 5.32 Å². The molecule has 1 rings (SSSR count). The number of hydrogen-bond donors (Lipinski definition) is 1. The third-order valence-electron chi connectivity index (χ3n) is 1.70. The number of rotatable bonds is 4. The molecule has 0 fully saturated rings. The molecule has 0 atom stereocenters. The summed E-state index contributed by atoms with van der Waals surface area (Å²) in [4.78, 5) is 4.07. The van der Waals surface area contributed by atoms with E-state index >= 15 is 0 Å². The van der Waals surface area contributed by atoms with Crippen molar-refractivity contribution in [2.45, 2.75) is 6.92 Å². The van der Waals surface area contributed by atoms with E-state index in [0.29, 0.717) is 5.69 Å². The van der Waals surface area contributed by atoms with Gasteiger partial charge in [0.25, 0.3) is 0 Å². The predicted molar refractivity (Wildman–Crippen MR) is 60.6 cm³/mol. The molecule has 0 amide bonds. The van der Waals surface area contributed by atoms with Crippen LogP contribution in [-0.2, 0) is 0 Å². The van der Waals surface area contributed by atoms with Gasteiger partial charge in [-0.05, 0) is 25.3 Å². The lowest BCUT2D eigenvalue weighted by molar-refractivity contribution is 1.14. The normalized spacial score (nSPS) is 9.50. The number of nitrogens with one attached hydrogen (secondary N) is 1. The Bertz CT molecular complexity index is 344. The molecule has 3 nitrogen and oxygen atoms in total. The Hall–Kier alpha value is -1.21. The molecule has 14 heavy (non-hydrogen) atoms. The van der Waals surface area contributed by atoms with Gasteiger partial charge in [-0.1, -0.05) is 0 Å². The van der Waals surface area contributed by atoms with E-state index in [1.807, 2.05) is 19.1 Å². The Labute approximate surface area is 88.5 Å². The molecule has 0 aromatic carbocycles. The molecular formula is C10H13N3S. The van der Waals surface area contributed by atoms with E-state index in [1.165, 1.54) is 0 Å². The zero-order valence-electron chi connectivity index (χ0n) is 8.37. The summed E-state index contributed by atoms with van der Waals surface area (Å²) < 4.78 is 0. The fourth-order valence-electron chi connectivity index (χ4n) is 1.13. The highest BCUT2D eigenvalue weighted by molar-refractivity contribution is 7.98. The average Bonchev–Trinajstić information content (AvgIpc) is 2.17. The minimum Gasteiger partial charge on any atom is -0.384 e. The van der Waals surface area contributed by atoms with Crippen LogP contribution in [0.15, 0.2) is 12.1 Å². The van der Waals surface area contributed by atoms with Crippen LogP contribution in [0.5, 0.6) is 0 Å². The first-order valence-corrected chi connectivity index (χ1v) is 5.77. The Morgan fingerprint density at radius 1 is 1.57 bits per heavy atom. The number of nitriles is 1. The molecule has 0 bridgehead atoms. The van der Waals surface area contributed by atoms with Gasteiger partial charge in [-0.25, -0.2) is 4.98 Å². The van der Waals surface area contributed by atoms with Crippen molar-refractivity contribution < 1.29 is 0 Å². The summed E-state index contributed by atoms with van der Waals surface area (Å²) in [5.74, 6) is 1.06. The SMILES string of the molecule is CSCCNc1cc(C)nc(C#N)c1. The Morgan fingerprint density at radius 2 is 2.36 bits per heavy atom. The Balaban J connectivity index is 2.68. The minimum absolute atomic E-state index is 0.469. The predicted octanol–water partition coefficient (Wildman–Crippen LogP) is 2.04. The van der Waals surface area contributed by atoms with Gasteiger partial charge in [-0.15, -0.1) is 0 Å². The fraction of sp³-hybridized carbons (Fsp3) is 0.400. The van der Waals surface area contributed by atoms with E-state index in [1.54, 1.807) is 17.8 Å². The standard InChI is InChI=1S/C10H13N3S/c1-8-5-9(12-3-4-14-2)6-10(7-11)13-8/h5-6H,3-4H2,1-2H3,(H,12,13). The highest BCUT2D eigenvalue weighted by Gasteiger charge is 1.98. The second-order valence-electron chi connectivity index (χ2n) is 2.91. The van der Waals surface area contributed by atoms with E-state index in [9.17, 15) is 0 Å². The third kappa shape index (κ3) is 3.27. The van der Waals surface area contributed by atoms with Crippen molar-refractivity contribution in [3.63, 3.8) is 0 Å². The first kappa shape index (κ1) is 10.9. The maximum atomic E-state index is 8.71. The summed E-state index contributed by atoms with van der Waals surface area (Å²) >= 11 is 1.79. The topological polar surface area (TPSA) is 48.7 Å². The van der Waals surface area contributed by atoms with E-state index in [4.69, 9.17) is 5.26 Å². The fourth-order valence-corrected chi connectivity index (χ4v) is 1.43. The molecule has 4 heteroatoms.